The fourth-order valence-electron chi connectivity index (χ4n) is 3.08. The summed E-state index contributed by atoms with van der Waals surface area (Å²) < 4.78 is 0. The molecule has 1 heterocycles. The van der Waals surface area contributed by atoms with Gasteiger partial charge in [-0.15, -0.1) is 0 Å². The van der Waals surface area contributed by atoms with E-state index in [1.807, 2.05) is 38.1 Å². The Morgan fingerprint density at radius 2 is 1.91 bits per heavy atom. The maximum atomic E-state index is 12.4. The summed E-state index contributed by atoms with van der Waals surface area (Å²) in [6.07, 6.45) is 0.852. The lowest BCUT2D eigenvalue weighted by Crippen LogP contribution is -2.47. The first kappa shape index (κ1) is 18.2. The van der Waals surface area contributed by atoms with Crippen LogP contribution in [0.4, 0.5) is 0 Å². The van der Waals surface area contributed by atoms with Gasteiger partial charge in [-0.25, -0.2) is 0 Å². The molecule has 1 aliphatic rings. The number of carbonyl (C=O) groups excluding carboxylic acids is 1. The standard InChI is InChI=1S/C18H28ClN3O/c1-12(2)21-18(23)17-9-16(11-22(17)13(3)4)20-10-14-5-7-15(19)8-6-14/h5-8,12-13,16-17,20H,9-11H2,1-4H3,(H,21,23)/t16-,17+/m1/s1. The van der Waals surface area contributed by atoms with Gasteiger partial charge in [0.15, 0.2) is 0 Å². The molecule has 0 spiro atoms. The summed E-state index contributed by atoms with van der Waals surface area (Å²) >= 11 is 5.92. The van der Waals surface area contributed by atoms with Crippen molar-refractivity contribution >= 4 is 17.5 Å². The predicted octanol–water partition coefficient (Wildman–Crippen LogP) is 2.81. The lowest BCUT2D eigenvalue weighted by Gasteiger charge is -2.27. The average Bonchev–Trinajstić information content (AvgIpc) is 2.90. The Kier molecular flexibility index (Phi) is 6.45. The van der Waals surface area contributed by atoms with Gasteiger partial charge in [0.25, 0.3) is 0 Å². The van der Waals surface area contributed by atoms with Gasteiger partial charge in [-0.3, -0.25) is 9.69 Å². The van der Waals surface area contributed by atoms with Gasteiger partial charge in [-0.05, 0) is 51.8 Å². The fraction of sp³-hybridized carbons (Fsp3) is 0.611. The van der Waals surface area contributed by atoms with Gasteiger partial charge < -0.3 is 10.6 Å². The number of likely N-dealkylation sites (tertiary alicyclic amines) is 1. The minimum Gasteiger partial charge on any atom is -0.353 e. The van der Waals surface area contributed by atoms with E-state index in [0.29, 0.717) is 12.1 Å². The summed E-state index contributed by atoms with van der Waals surface area (Å²) in [6.45, 7) is 10.0. The molecule has 0 radical (unpaired) electrons. The van der Waals surface area contributed by atoms with Gasteiger partial charge in [-0.1, -0.05) is 23.7 Å². The van der Waals surface area contributed by atoms with Crippen molar-refractivity contribution in [1.29, 1.82) is 0 Å². The number of hydrogen-bond acceptors (Lipinski definition) is 3. The molecule has 0 saturated carbocycles. The number of halogens is 1. The normalized spacial score (nSPS) is 22.0. The van der Waals surface area contributed by atoms with Crippen molar-refractivity contribution in [3.8, 4) is 0 Å². The van der Waals surface area contributed by atoms with E-state index in [1.54, 1.807) is 0 Å². The van der Waals surface area contributed by atoms with E-state index in [2.05, 4.69) is 29.4 Å². The maximum absolute atomic E-state index is 12.4. The third-order valence-corrected chi connectivity index (χ3v) is 4.50. The van der Waals surface area contributed by atoms with Crippen LogP contribution in [0, 0.1) is 0 Å². The van der Waals surface area contributed by atoms with Crippen LogP contribution >= 0.6 is 11.6 Å². The highest BCUT2D eigenvalue weighted by Gasteiger charge is 2.37. The van der Waals surface area contributed by atoms with E-state index in [1.165, 1.54) is 5.56 Å². The SMILES string of the molecule is CC(C)NC(=O)[C@@H]1C[C@@H](NCc2ccc(Cl)cc2)CN1C(C)C. The van der Waals surface area contributed by atoms with Crippen LogP contribution in [0.15, 0.2) is 24.3 Å². The highest BCUT2D eigenvalue weighted by atomic mass is 35.5. The van der Waals surface area contributed by atoms with Crippen LogP contribution in [0.2, 0.25) is 5.02 Å². The molecule has 2 atom stereocenters. The first-order valence-electron chi connectivity index (χ1n) is 8.40. The van der Waals surface area contributed by atoms with E-state index in [-0.39, 0.29) is 18.0 Å². The van der Waals surface area contributed by atoms with Crippen LogP contribution in [0.1, 0.15) is 39.7 Å². The molecule has 0 aromatic heterocycles. The van der Waals surface area contributed by atoms with Crippen LogP contribution in [0.3, 0.4) is 0 Å². The lowest BCUT2D eigenvalue weighted by atomic mass is 10.1. The van der Waals surface area contributed by atoms with Crippen LogP contribution in [-0.2, 0) is 11.3 Å². The first-order valence-corrected chi connectivity index (χ1v) is 8.78. The van der Waals surface area contributed by atoms with Gasteiger partial charge in [-0.2, -0.15) is 0 Å². The van der Waals surface area contributed by atoms with Gasteiger partial charge >= 0.3 is 0 Å². The molecule has 2 rings (SSSR count). The number of nitrogens with zero attached hydrogens (tertiary/aromatic N) is 1. The Morgan fingerprint density at radius 3 is 2.48 bits per heavy atom. The summed E-state index contributed by atoms with van der Waals surface area (Å²) in [7, 11) is 0. The molecule has 2 N–H and O–H groups in total. The van der Waals surface area contributed by atoms with Crippen molar-refractivity contribution in [2.75, 3.05) is 6.54 Å². The van der Waals surface area contributed by atoms with Crippen molar-refractivity contribution in [3.63, 3.8) is 0 Å². The molecule has 0 bridgehead atoms. The third-order valence-electron chi connectivity index (χ3n) is 4.24. The van der Waals surface area contributed by atoms with Gasteiger partial charge in [0, 0.05) is 36.2 Å². The van der Waals surface area contributed by atoms with Crippen molar-refractivity contribution in [2.45, 2.75) is 64.8 Å². The Bertz CT molecular complexity index is 516. The Balaban J connectivity index is 1.93. The highest BCUT2D eigenvalue weighted by Crippen LogP contribution is 2.21. The summed E-state index contributed by atoms with van der Waals surface area (Å²) in [5.74, 6) is 0.143. The molecule has 1 fully saturated rings. The van der Waals surface area contributed by atoms with Crippen LogP contribution < -0.4 is 10.6 Å². The van der Waals surface area contributed by atoms with E-state index in [4.69, 9.17) is 11.6 Å². The Hall–Kier alpha value is -1.10. The smallest absolute Gasteiger partial charge is 0.237 e. The molecule has 1 saturated heterocycles. The summed E-state index contributed by atoms with van der Waals surface area (Å²) in [5.41, 5.74) is 1.21. The number of benzene rings is 1. The minimum atomic E-state index is -0.0416. The molecule has 0 unspecified atom stereocenters. The molecule has 1 aromatic rings. The molecule has 23 heavy (non-hydrogen) atoms. The molecule has 1 amide bonds. The number of hydrogen-bond donors (Lipinski definition) is 2. The molecule has 1 aromatic carbocycles. The van der Waals surface area contributed by atoms with E-state index in [9.17, 15) is 4.79 Å². The Labute approximate surface area is 144 Å². The summed E-state index contributed by atoms with van der Waals surface area (Å²) in [5, 5.41) is 7.38. The number of carbonyl (C=O) groups is 1. The zero-order valence-electron chi connectivity index (χ0n) is 14.5. The zero-order chi connectivity index (χ0) is 17.0. The molecule has 0 aliphatic carbocycles. The fourth-order valence-corrected chi connectivity index (χ4v) is 3.21. The second-order valence-electron chi connectivity index (χ2n) is 6.91. The van der Waals surface area contributed by atoms with Crippen molar-refractivity contribution in [2.24, 2.45) is 0 Å². The summed E-state index contributed by atoms with van der Waals surface area (Å²) in [6, 6.07) is 8.72. The third kappa shape index (κ3) is 5.20. The quantitative estimate of drug-likeness (QED) is 0.839. The second kappa shape index (κ2) is 8.13. The number of amides is 1. The van der Waals surface area contributed by atoms with Crippen LogP contribution in [0.5, 0.6) is 0 Å². The highest BCUT2D eigenvalue weighted by molar-refractivity contribution is 6.30. The second-order valence-corrected chi connectivity index (χ2v) is 7.35. The van der Waals surface area contributed by atoms with Gasteiger partial charge in [0.2, 0.25) is 5.91 Å². The van der Waals surface area contributed by atoms with E-state index in [0.717, 1.165) is 24.5 Å². The minimum absolute atomic E-state index is 0.0416. The topological polar surface area (TPSA) is 44.4 Å². The van der Waals surface area contributed by atoms with E-state index >= 15 is 0 Å². The molecular weight excluding hydrogens is 310 g/mol. The lowest BCUT2D eigenvalue weighted by molar-refractivity contribution is -0.126. The van der Waals surface area contributed by atoms with Crippen molar-refractivity contribution in [3.05, 3.63) is 34.9 Å². The van der Waals surface area contributed by atoms with E-state index < -0.39 is 0 Å². The number of nitrogens with one attached hydrogen (secondary N) is 2. The van der Waals surface area contributed by atoms with Crippen LogP contribution in [-0.4, -0.2) is 41.5 Å². The van der Waals surface area contributed by atoms with Crippen molar-refractivity contribution < 1.29 is 4.79 Å². The van der Waals surface area contributed by atoms with Crippen molar-refractivity contribution in [1.82, 2.24) is 15.5 Å². The number of rotatable bonds is 6. The predicted molar refractivity (Wildman–Crippen MR) is 95.6 cm³/mol. The van der Waals surface area contributed by atoms with Crippen LogP contribution in [0.25, 0.3) is 0 Å². The van der Waals surface area contributed by atoms with Gasteiger partial charge in [0.05, 0.1) is 6.04 Å². The summed E-state index contributed by atoms with van der Waals surface area (Å²) in [4.78, 5) is 14.7. The molecule has 5 heteroatoms. The van der Waals surface area contributed by atoms with Gasteiger partial charge in [0.1, 0.15) is 0 Å². The maximum Gasteiger partial charge on any atom is 0.237 e. The molecule has 1 aliphatic heterocycles. The average molecular weight is 338 g/mol. The zero-order valence-corrected chi connectivity index (χ0v) is 15.2. The monoisotopic (exact) mass is 337 g/mol. The molecule has 4 nitrogen and oxygen atoms in total. The Morgan fingerprint density at radius 1 is 1.26 bits per heavy atom. The first-order chi connectivity index (χ1) is 10.9. The largest absolute Gasteiger partial charge is 0.353 e. The molecular formula is C18H28ClN3O. The molecule has 128 valence electrons.